The van der Waals surface area contributed by atoms with Gasteiger partial charge in [-0.2, -0.15) is 0 Å². The van der Waals surface area contributed by atoms with Crippen LogP contribution >= 0.6 is 0 Å². The van der Waals surface area contributed by atoms with E-state index in [9.17, 15) is 0 Å². The average molecular weight is 118 g/mol. The standard InChI is InChI=1S/C4H14N4/c1-3-6-8-4-7-5-2/h5-8H,3-4H2,1-2H3. The first kappa shape index (κ1) is 7.84. The molecule has 0 radical (unpaired) electrons. The molecule has 4 N–H and O–H groups in total. The van der Waals surface area contributed by atoms with Crippen molar-refractivity contribution in [3.8, 4) is 0 Å². The first-order valence-corrected chi connectivity index (χ1v) is 2.77. The molecule has 0 bridgehead atoms. The molecule has 0 spiro atoms. The van der Waals surface area contributed by atoms with Gasteiger partial charge < -0.3 is 0 Å². The van der Waals surface area contributed by atoms with Crippen LogP contribution < -0.4 is 21.7 Å². The second kappa shape index (κ2) is 6.84. The second-order valence-electron chi connectivity index (χ2n) is 1.31. The minimum atomic E-state index is 0.727. The molecule has 0 unspecified atom stereocenters. The fourth-order valence-electron chi connectivity index (χ4n) is 0.320. The summed E-state index contributed by atoms with van der Waals surface area (Å²) in [5, 5.41) is 0. The Balaban J connectivity index is 2.53. The van der Waals surface area contributed by atoms with Crippen LogP contribution in [-0.2, 0) is 0 Å². The minimum absolute atomic E-state index is 0.727. The molecule has 0 aromatic heterocycles. The van der Waals surface area contributed by atoms with E-state index in [0.29, 0.717) is 0 Å². The zero-order valence-electron chi connectivity index (χ0n) is 5.41. The van der Waals surface area contributed by atoms with Gasteiger partial charge in [-0.05, 0) is 7.05 Å². The molecule has 0 amide bonds. The molecule has 0 heterocycles. The Morgan fingerprint density at radius 2 is 1.88 bits per heavy atom. The minimum Gasteiger partial charge on any atom is -0.260 e. The van der Waals surface area contributed by atoms with Gasteiger partial charge in [0.05, 0.1) is 6.67 Å². The summed E-state index contributed by atoms with van der Waals surface area (Å²) in [4.78, 5) is 0. The highest BCUT2D eigenvalue weighted by molar-refractivity contribution is 4.29. The van der Waals surface area contributed by atoms with Crippen molar-refractivity contribution in [1.29, 1.82) is 0 Å². The maximum Gasteiger partial charge on any atom is 0.0720 e. The first-order chi connectivity index (χ1) is 3.91. The summed E-state index contributed by atoms with van der Waals surface area (Å²) in [5.41, 5.74) is 11.5. The zero-order chi connectivity index (χ0) is 6.24. The highest BCUT2D eigenvalue weighted by Crippen LogP contribution is 1.42. The molecule has 0 aliphatic heterocycles. The van der Waals surface area contributed by atoms with Crippen LogP contribution in [0, 0.1) is 0 Å². The van der Waals surface area contributed by atoms with Crippen molar-refractivity contribution in [2.75, 3.05) is 20.3 Å². The summed E-state index contributed by atoms with van der Waals surface area (Å²) in [6.45, 7) is 3.70. The molecule has 8 heavy (non-hydrogen) atoms. The van der Waals surface area contributed by atoms with E-state index in [1.165, 1.54) is 0 Å². The topological polar surface area (TPSA) is 48.1 Å². The highest BCUT2D eigenvalue weighted by atomic mass is 15.5. The molecule has 4 nitrogen and oxygen atoms in total. The van der Waals surface area contributed by atoms with Crippen LogP contribution in [0.15, 0.2) is 0 Å². The predicted octanol–water partition coefficient (Wildman–Crippen LogP) is -1.22. The smallest absolute Gasteiger partial charge is 0.0720 e. The van der Waals surface area contributed by atoms with E-state index < -0.39 is 0 Å². The summed E-state index contributed by atoms with van der Waals surface area (Å²) >= 11 is 0. The Morgan fingerprint density at radius 3 is 2.38 bits per heavy atom. The van der Waals surface area contributed by atoms with Gasteiger partial charge in [0.25, 0.3) is 0 Å². The van der Waals surface area contributed by atoms with Gasteiger partial charge in [0.1, 0.15) is 0 Å². The van der Waals surface area contributed by atoms with E-state index >= 15 is 0 Å². The van der Waals surface area contributed by atoms with Crippen molar-refractivity contribution in [3.63, 3.8) is 0 Å². The summed E-state index contributed by atoms with van der Waals surface area (Å²) < 4.78 is 0. The maximum atomic E-state index is 2.93. The number of hydrazine groups is 2. The molecule has 0 fully saturated rings. The Hall–Kier alpha value is -0.160. The SMILES string of the molecule is CCNNCNNC. The fourth-order valence-corrected chi connectivity index (χ4v) is 0.320. The van der Waals surface area contributed by atoms with Gasteiger partial charge in [-0.15, -0.1) is 0 Å². The largest absolute Gasteiger partial charge is 0.260 e. The van der Waals surface area contributed by atoms with Gasteiger partial charge in [0, 0.05) is 6.54 Å². The molecule has 50 valence electrons. The quantitative estimate of drug-likeness (QED) is 0.208. The molecule has 0 aliphatic carbocycles. The number of hydrogen-bond donors (Lipinski definition) is 4. The lowest BCUT2D eigenvalue weighted by Crippen LogP contribution is -2.43. The lowest BCUT2D eigenvalue weighted by Gasteiger charge is -2.03. The lowest BCUT2D eigenvalue weighted by atomic mass is 10.8. The van der Waals surface area contributed by atoms with Gasteiger partial charge >= 0.3 is 0 Å². The van der Waals surface area contributed by atoms with E-state index in [4.69, 9.17) is 0 Å². The molecular weight excluding hydrogens is 104 g/mol. The van der Waals surface area contributed by atoms with Crippen molar-refractivity contribution in [2.24, 2.45) is 0 Å². The van der Waals surface area contributed by atoms with Crippen molar-refractivity contribution in [1.82, 2.24) is 21.7 Å². The molecule has 4 heteroatoms. The van der Waals surface area contributed by atoms with Gasteiger partial charge in [-0.3, -0.25) is 10.9 Å². The van der Waals surface area contributed by atoms with Crippen molar-refractivity contribution < 1.29 is 0 Å². The van der Waals surface area contributed by atoms with Crippen LogP contribution in [0.3, 0.4) is 0 Å². The fraction of sp³-hybridized carbons (Fsp3) is 1.00. The molecular formula is C4H14N4. The van der Waals surface area contributed by atoms with E-state index in [1.807, 2.05) is 14.0 Å². The first-order valence-electron chi connectivity index (χ1n) is 2.77. The van der Waals surface area contributed by atoms with Crippen LogP contribution in [-0.4, -0.2) is 20.3 Å². The van der Waals surface area contributed by atoms with Crippen LogP contribution in [0.1, 0.15) is 6.92 Å². The Morgan fingerprint density at radius 1 is 1.12 bits per heavy atom. The van der Waals surface area contributed by atoms with Crippen LogP contribution in [0.2, 0.25) is 0 Å². The highest BCUT2D eigenvalue weighted by Gasteiger charge is 1.75. The maximum absolute atomic E-state index is 2.93. The van der Waals surface area contributed by atoms with Gasteiger partial charge in [0.2, 0.25) is 0 Å². The Kier molecular flexibility index (Phi) is 6.70. The van der Waals surface area contributed by atoms with Gasteiger partial charge in [-0.25, -0.2) is 10.9 Å². The second-order valence-corrected chi connectivity index (χ2v) is 1.31. The summed E-state index contributed by atoms with van der Waals surface area (Å²) in [6, 6.07) is 0. The average Bonchev–Trinajstić information content (AvgIpc) is 1.81. The molecule has 0 atom stereocenters. The third-order valence-electron chi connectivity index (χ3n) is 0.655. The lowest BCUT2D eigenvalue weighted by molar-refractivity contribution is 0.468. The van der Waals surface area contributed by atoms with Crippen molar-refractivity contribution in [3.05, 3.63) is 0 Å². The van der Waals surface area contributed by atoms with Crippen LogP contribution in [0.5, 0.6) is 0 Å². The van der Waals surface area contributed by atoms with E-state index in [2.05, 4.69) is 21.7 Å². The normalized spacial score (nSPS) is 9.75. The molecule has 0 aliphatic rings. The van der Waals surface area contributed by atoms with Crippen LogP contribution in [0.4, 0.5) is 0 Å². The molecule has 0 aromatic carbocycles. The summed E-state index contributed by atoms with van der Waals surface area (Å²) in [5.74, 6) is 0. The molecule has 0 saturated carbocycles. The summed E-state index contributed by atoms with van der Waals surface area (Å²) in [7, 11) is 1.83. The van der Waals surface area contributed by atoms with Gasteiger partial charge in [0.15, 0.2) is 0 Å². The molecule has 0 aromatic rings. The number of nitrogens with one attached hydrogen (secondary N) is 4. The van der Waals surface area contributed by atoms with Crippen molar-refractivity contribution in [2.45, 2.75) is 6.92 Å². The third kappa shape index (κ3) is 5.84. The third-order valence-corrected chi connectivity index (χ3v) is 0.655. The van der Waals surface area contributed by atoms with Crippen LogP contribution in [0.25, 0.3) is 0 Å². The monoisotopic (exact) mass is 118 g/mol. The zero-order valence-corrected chi connectivity index (χ0v) is 5.41. The van der Waals surface area contributed by atoms with E-state index in [1.54, 1.807) is 0 Å². The predicted molar refractivity (Wildman–Crippen MR) is 33.9 cm³/mol. The Labute approximate surface area is 50.0 Å². The molecule has 0 rings (SSSR count). The van der Waals surface area contributed by atoms with Gasteiger partial charge in [-0.1, -0.05) is 6.92 Å². The van der Waals surface area contributed by atoms with Crippen molar-refractivity contribution >= 4 is 0 Å². The Bertz CT molecular complexity index is 33.0. The number of rotatable bonds is 5. The van der Waals surface area contributed by atoms with E-state index in [-0.39, 0.29) is 0 Å². The molecule has 0 saturated heterocycles. The summed E-state index contributed by atoms with van der Waals surface area (Å²) in [6.07, 6.45) is 0. The number of hydrogen-bond acceptors (Lipinski definition) is 4. The van der Waals surface area contributed by atoms with E-state index in [0.717, 1.165) is 13.2 Å².